The highest BCUT2D eigenvalue weighted by molar-refractivity contribution is 5.99. The molecule has 1 aliphatic carbocycles. The highest BCUT2D eigenvalue weighted by Gasteiger charge is 2.33. The molecular weight excluding hydrogens is 359 g/mol. The van der Waals surface area contributed by atoms with Gasteiger partial charge in [0.2, 0.25) is 0 Å². The molecular formula is C22H21FN2O3. The number of hydrogen-bond acceptors (Lipinski definition) is 4. The lowest BCUT2D eigenvalue weighted by Gasteiger charge is -2.25. The van der Waals surface area contributed by atoms with E-state index in [9.17, 15) is 14.0 Å². The summed E-state index contributed by atoms with van der Waals surface area (Å²) in [7, 11) is 0. The molecule has 144 valence electrons. The van der Waals surface area contributed by atoms with E-state index in [1.165, 1.54) is 18.2 Å². The predicted molar refractivity (Wildman–Crippen MR) is 105 cm³/mol. The Hall–Kier alpha value is -3.15. The number of halogens is 1. The van der Waals surface area contributed by atoms with E-state index >= 15 is 0 Å². The summed E-state index contributed by atoms with van der Waals surface area (Å²) in [5.41, 5.74) is 3.74. The van der Waals surface area contributed by atoms with Crippen LogP contribution in [0, 0.1) is 11.7 Å². The highest BCUT2D eigenvalue weighted by Crippen LogP contribution is 2.37. The van der Waals surface area contributed by atoms with Crippen molar-refractivity contribution in [1.82, 2.24) is 4.57 Å². The minimum absolute atomic E-state index is 0.139. The zero-order valence-electron chi connectivity index (χ0n) is 15.6. The number of anilines is 1. The molecule has 5 nitrogen and oxygen atoms in total. The number of aromatic nitrogens is 1. The number of rotatable bonds is 3. The zero-order valence-corrected chi connectivity index (χ0v) is 15.6. The maximum atomic E-state index is 13.5. The van der Waals surface area contributed by atoms with Gasteiger partial charge in [-0.05, 0) is 19.1 Å². The Morgan fingerprint density at radius 3 is 2.93 bits per heavy atom. The van der Waals surface area contributed by atoms with Crippen LogP contribution in [0.4, 0.5) is 14.9 Å². The molecule has 2 heterocycles. The molecule has 2 aliphatic rings. The summed E-state index contributed by atoms with van der Waals surface area (Å²) in [6.45, 7) is 2.47. The lowest BCUT2D eigenvalue weighted by Crippen LogP contribution is -2.32. The molecule has 28 heavy (non-hydrogen) atoms. The normalized spacial score (nSPS) is 17.3. The third-order valence-corrected chi connectivity index (χ3v) is 5.13. The van der Waals surface area contributed by atoms with Crippen molar-refractivity contribution in [2.24, 2.45) is 5.92 Å². The summed E-state index contributed by atoms with van der Waals surface area (Å²) in [6.07, 6.45) is 8.38. The van der Waals surface area contributed by atoms with Crippen molar-refractivity contribution < 1.29 is 18.7 Å². The van der Waals surface area contributed by atoms with Gasteiger partial charge in [-0.15, -0.1) is 0 Å². The molecule has 1 unspecified atom stereocenters. The average molecular weight is 380 g/mol. The van der Waals surface area contributed by atoms with Crippen LogP contribution in [0.1, 0.15) is 34.2 Å². The maximum Gasteiger partial charge on any atom is 0.418 e. The first-order valence-electron chi connectivity index (χ1n) is 9.40. The van der Waals surface area contributed by atoms with E-state index in [0.29, 0.717) is 24.9 Å². The van der Waals surface area contributed by atoms with Gasteiger partial charge in [0.15, 0.2) is 5.78 Å². The molecule has 0 radical (unpaired) electrons. The topological polar surface area (TPSA) is 60.3 Å². The number of benzene rings is 1. The van der Waals surface area contributed by atoms with Gasteiger partial charge in [0.1, 0.15) is 5.82 Å². The summed E-state index contributed by atoms with van der Waals surface area (Å²) < 4.78 is 20.4. The van der Waals surface area contributed by atoms with E-state index in [1.54, 1.807) is 17.6 Å². The first kappa shape index (κ1) is 18.2. The lowest BCUT2D eigenvalue weighted by atomic mass is 9.90. The number of nitrogens with zero attached hydrogens (tertiary/aromatic N) is 1. The monoisotopic (exact) mass is 380 g/mol. The van der Waals surface area contributed by atoms with Crippen molar-refractivity contribution in [3.8, 4) is 0 Å². The van der Waals surface area contributed by atoms with E-state index in [0.717, 1.165) is 22.6 Å². The van der Waals surface area contributed by atoms with Crippen molar-refractivity contribution in [3.05, 3.63) is 70.8 Å². The number of ether oxygens (including phenoxy) is 1. The zero-order chi connectivity index (χ0) is 19.7. The molecule has 0 saturated heterocycles. The molecule has 0 amide bonds. The summed E-state index contributed by atoms with van der Waals surface area (Å²) in [4.78, 5) is 25.6. The van der Waals surface area contributed by atoms with E-state index in [1.807, 2.05) is 24.3 Å². The lowest BCUT2D eigenvalue weighted by molar-refractivity contribution is 0.0921. The molecule has 1 aliphatic heterocycles. The molecule has 0 fully saturated rings. The van der Waals surface area contributed by atoms with Gasteiger partial charge in [-0.2, -0.15) is 0 Å². The van der Waals surface area contributed by atoms with Gasteiger partial charge in [-0.25, -0.2) is 9.18 Å². The smallest absolute Gasteiger partial charge is 0.418 e. The Kier molecular flexibility index (Phi) is 4.86. The quantitative estimate of drug-likeness (QED) is 0.810. The molecule has 1 N–H and O–H groups in total. The molecule has 6 heteroatoms. The van der Waals surface area contributed by atoms with Crippen LogP contribution in [0.2, 0.25) is 0 Å². The number of nitrogens with one attached hydrogen (secondary N) is 1. The van der Waals surface area contributed by atoms with Crippen LogP contribution in [0.15, 0.2) is 42.5 Å². The molecule has 4 rings (SSSR count). The second kappa shape index (κ2) is 7.46. The fourth-order valence-corrected chi connectivity index (χ4v) is 3.88. The van der Waals surface area contributed by atoms with Crippen LogP contribution < -0.4 is 5.32 Å². The molecule has 1 aromatic heterocycles. The summed E-state index contributed by atoms with van der Waals surface area (Å²) in [6, 6.07) is 5.72. The largest absolute Gasteiger partial charge is 0.449 e. The van der Waals surface area contributed by atoms with Crippen LogP contribution >= 0.6 is 0 Å². The number of allylic oxidation sites excluding steroid dienone is 3. The molecule has 0 spiro atoms. The van der Waals surface area contributed by atoms with Gasteiger partial charge in [-0.1, -0.05) is 36.4 Å². The first-order chi connectivity index (χ1) is 13.6. The fourth-order valence-electron chi connectivity index (χ4n) is 3.88. The second-order valence-corrected chi connectivity index (χ2v) is 6.86. The molecule has 1 atom stereocenters. The maximum absolute atomic E-state index is 13.5. The Balaban J connectivity index is 1.73. The summed E-state index contributed by atoms with van der Waals surface area (Å²) in [5, 5.41) is 3.33. The summed E-state index contributed by atoms with van der Waals surface area (Å²) in [5.74, 6) is -0.964. The number of ketones is 1. The van der Waals surface area contributed by atoms with Gasteiger partial charge in [0, 0.05) is 42.1 Å². The molecule has 0 saturated carbocycles. The number of carbonyl (C=O) groups is 2. The molecule has 1 aromatic carbocycles. The Bertz CT molecular complexity index is 1000. The minimum Gasteiger partial charge on any atom is -0.449 e. The van der Waals surface area contributed by atoms with E-state index in [2.05, 4.69) is 5.32 Å². The van der Waals surface area contributed by atoms with Gasteiger partial charge in [-0.3, -0.25) is 9.36 Å². The van der Waals surface area contributed by atoms with Crippen molar-refractivity contribution in [2.45, 2.75) is 19.8 Å². The molecule has 0 bridgehead atoms. The first-order valence-corrected chi connectivity index (χ1v) is 9.40. The number of hydrogen-bond donors (Lipinski definition) is 1. The minimum atomic E-state index is -0.440. The van der Waals surface area contributed by atoms with E-state index in [-0.39, 0.29) is 18.3 Å². The van der Waals surface area contributed by atoms with Crippen LogP contribution in [0.25, 0.3) is 6.08 Å². The standard InChI is InChI=1S/C22H21FN2O3/c1-2-28-22(27)25-18-10-5-3-4-9-17(18)20-19(25)12-15(13-24-20)21(26)14-7-6-8-16(23)11-14/h3-9,11,15,24H,2,10,12-13H2,1H3. The van der Waals surface area contributed by atoms with Gasteiger partial charge < -0.3 is 10.1 Å². The van der Waals surface area contributed by atoms with Gasteiger partial charge in [0.05, 0.1) is 18.0 Å². The Morgan fingerprint density at radius 1 is 1.29 bits per heavy atom. The third-order valence-electron chi connectivity index (χ3n) is 5.13. The fraction of sp³-hybridized carbons (Fsp3) is 0.273. The van der Waals surface area contributed by atoms with Gasteiger partial charge in [0.25, 0.3) is 0 Å². The number of fused-ring (bicyclic) bond motifs is 3. The van der Waals surface area contributed by atoms with Crippen LogP contribution in [-0.2, 0) is 17.6 Å². The predicted octanol–water partition coefficient (Wildman–Crippen LogP) is 4.22. The Morgan fingerprint density at radius 2 is 2.14 bits per heavy atom. The van der Waals surface area contributed by atoms with Crippen LogP contribution in [0.3, 0.4) is 0 Å². The number of carbonyl (C=O) groups excluding carboxylic acids is 2. The van der Waals surface area contributed by atoms with E-state index < -0.39 is 11.9 Å². The van der Waals surface area contributed by atoms with Crippen molar-refractivity contribution in [2.75, 3.05) is 18.5 Å². The number of Topliss-reactive ketones (excluding diaryl/α,β-unsaturated/α-hetero) is 1. The SMILES string of the molecule is CCOC(=O)n1c2c(c3c1CC(C(=O)c1cccc(F)c1)CN3)C=CC=CC2. The molecule has 2 aromatic rings. The average Bonchev–Trinajstić information content (AvgIpc) is 2.83. The highest BCUT2D eigenvalue weighted by atomic mass is 19.1. The van der Waals surface area contributed by atoms with Crippen LogP contribution in [0.5, 0.6) is 0 Å². The van der Waals surface area contributed by atoms with Gasteiger partial charge >= 0.3 is 6.09 Å². The summed E-state index contributed by atoms with van der Waals surface area (Å²) >= 11 is 0. The second-order valence-electron chi connectivity index (χ2n) is 6.86. The van der Waals surface area contributed by atoms with E-state index in [4.69, 9.17) is 4.74 Å². The van der Waals surface area contributed by atoms with Crippen molar-refractivity contribution >= 4 is 23.6 Å². The third kappa shape index (κ3) is 3.15. The van der Waals surface area contributed by atoms with Crippen molar-refractivity contribution in [1.29, 1.82) is 0 Å². The van der Waals surface area contributed by atoms with Crippen molar-refractivity contribution in [3.63, 3.8) is 0 Å². The Labute approximate surface area is 162 Å². The van der Waals surface area contributed by atoms with Crippen LogP contribution in [-0.4, -0.2) is 29.6 Å².